The molecule has 1 aliphatic rings. The molecule has 0 radical (unpaired) electrons. The maximum atomic E-state index is 12.1. The van der Waals surface area contributed by atoms with Gasteiger partial charge in [-0.1, -0.05) is 25.5 Å². The number of phenols is 1. The molecule has 1 aromatic rings. The molecule has 2 rings (SSSR count). The van der Waals surface area contributed by atoms with Gasteiger partial charge in [-0.05, 0) is 18.6 Å². The lowest BCUT2D eigenvalue weighted by Crippen LogP contribution is -2.44. The number of hydrogen-bond donors (Lipinski definition) is 1. The molecule has 0 aliphatic carbocycles. The smallest absolute Gasteiger partial charge is 0.348 e. The van der Waals surface area contributed by atoms with Crippen molar-refractivity contribution in [3.8, 4) is 11.5 Å². The molecule has 0 saturated carbocycles. The van der Waals surface area contributed by atoms with Crippen LogP contribution in [0.2, 0.25) is 0 Å². The van der Waals surface area contributed by atoms with Crippen LogP contribution in [0.25, 0.3) is 6.08 Å². The monoisotopic (exact) mass is 320 g/mol. The third kappa shape index (κ3) is 3.64. The predicted octanol–water partition coefficient (Wildman–Crippen LogP) is 2.79. The van der Waals surface area contributed by atoms with Crippen LogP contribution in [0.1, 0.15) is 38.7 Å². The number of phenolic OH excluding ortho intramolecular Hbond substituents is 1. The van der Waals surface area contributed by atoms with E-state index in [-0.39, 0.29) is 22.6 Å². The van der Waals surface area contributed by atoms with Gasteiger partial charge < -0.3 is 19.3 Å². The van der Waals surface area contributed by atoms with Crippen LogP contribution >= 0.6 is 0 Å². The summed E-state index contributed by atoms with van der Waals surface area (Å²) in [4.78, 5) is 24.3. The Kier molecular flexibility index (Phi) is 4.93. The average molecular weight is 320 g/mol. The maximum absolute atomic E-state index is 12.1. The van der Waals surface area contributed by atoms with E-state index in [1.165, 1.54) is 13.2 Å². The van der Waals surface area contributed by atoms with Crippen molar-refractivity contribution >= 4 is 18.0 Å². The first-order valence-corrected chi connectivity index (χ1v) is 7.44. The van der Waals surface area contributed by atoms with Crippen LogP contribution in [0.4, 0.5) is 0 Å². The quantitative estimate of drug-likeness (QED) is 0.510. The van der Waals surface area contributed by atoms with Crippen LogP contribution in [-0.4, -0.2) is 29.9 Å². The standard InChI is InChI=1S/C17H20O6/c1-4-5-9-17(2)22-15(19)12(16(20)23-17)10-11-7-6-8-13(21-3)14(11)18/h6-8,10,18H,4-5,9H2,1-3H3. The molecule has 1 fully saturated rings. The number of ether oxygens (including phenoxy) is 3. The Balaban J connectivity index is 2.28. The molecule has 6 nitrogen and oxygen atoms in total. The molecule has 1 N–H and O–H groups in total. The van der Waals surface area contributed by atoms with Gasteiger partial charge in [-0.25, -0.2) is 9.59 Å². The fourth-order valence-corrected chi connectivity index (χ4v) is 2.30. The molecule has 1 heterocycles. The zero-order valence-corrected chi connectivity index (χ0v) is 13.4. The zero-order valence-electron chi connectivity index (χ0n) is 13.4. The number of hydrogen-bond acceptors (Lipinski definition) is 6. The van der Waals surface area contributed by atoms with Gasteiger partial charge in [0.15, 0.2) is 11.5 Å². The zero-order chi connectivity index (χ0) is 17.0. The van der Waals surface area contributed by atoms with E-state index in [9.17, 15) is 14.7 Å². The Morgan fingerprint density at radius 2 is 1.91 bits per heavy atom. The minimum absolute atomic E-state index is 0.164. The molecule has 0 amide bonds. The Morgan fingerprint density at radius 3 is 2.48 bits per heavy atom. The lowest BCUT2D eigenvalue weighted by atomic mass is 10.1. The molecule has 124 valence electrons. The normalized spacial score (nSPS) is 20.7. The summed E-state index contributed by atoms with van der Waals surface area (Å²) in [5, 5.41) is 10.0. The molecule has 6 heteroatoms. The lowest BCUT2D eigenvalue weighted by molar-refractivity contribution is -0.230. The molecular weight excluding hydrogens is 300 g/mol. The first-order chi connectivity index (χ1) is 10.9. The van der Waals surface area contributed by atoms with Crippen LogP contribution in [0.3, 0.4) is 0 Å². The number of carbonyl (C=O) groups excluding carboxylic acids is 2. The van der Waals surface area contributed by atoms with Gasteiger partial charge in [-0.2, -0.15) is 0 Å². The number of para-hydroxylation sites is 1. The minimum atomic E-state index is -1.24. The lowest BCUT2D eigenvalue weighted by Gasteiger charge is -2.33. The van der Waals surface area contributed by atoms with Crippen molar-refractivity contribution < 1.29 is 28.9 Å². The van der Waals surface area contributed by atoms with Gasteiger partial charge in [0.1, 0.15) is 5.57 Å². The van der Waals surface area contributed by atoms with Crippen molar-refractivity contribution in [1.82, 2.24) is 0 Å². The SMILES string of the molecule is CCCCC1(C)OC(=O)C(=Cc2cccc(OC)c2O)C(=O)O1. The highest BCUT2D eigenvalue weighted by Gasteiger charge is 2.42. The average Bonchev–Trinajstić information content (AvgIpc) is 2.50. The first-order valence-electron chi connectivity index (χ1n) is 7.44. The van der Waals surface area contributed by atoms with E-state index in [1.54, 1.807) is 25.1 Å². The fourth-order valence-electron chi connectivity index (χ4n) is 2.30. The first kappa shape index (κ1) is 16.9. The number of cyclic esters (lactones) is 2. The van der Waals surface area contributed by atoms with Crippen LogP contribution in [0.5, 0.6) is 11.5 Å². The minimum Gasteiger partial charge on any atom is -0.504 e. The van der Waals surface area contributed by atoms with Crippen molar-refractivity contribution in [3.63, 3.8) is 0 Å². The highest BCUT2D eigenvalue weighted by molar-refractivity contribution is 6.19. The van der Waals surface area contributed by atoms with Crippen LogP contribution in [0, 0.1) is 0 Å². The Morgan fingerprint density at radius 1 is 1.26 bits per heavy atom. The van der Waals surface area contributed by atoms with Gasteiger partial charge in [0.2, 0.25) is 0 Å². The van der Waals surface area contributed by atoms with Crippen LogP contribution in [-0.2, 0) is 19.1 Å². The third-order valence-corrected chi connectivity index (χ3v) is 3.59. The van der Waals surface area contributed by atoms with E-state index in [0.717, 1.165) is 12.8 Å². The number of carbonyl (C=O) groups is 2. The number of benzene rings is 1. The van der Waals surface area contributed by atoms with Crippen molar-refractivity contribution in [1.29, 1.82) is 0 Å². The molecule has 0 bridgehead atoms. The van der Waals surface area contributed by atoms with Crippen molar-refractivity contribution in [3.05, 3.63) is 29.3 Å². The van der Waals surface area contributed by atoms with Crippen LogP contribution in [0.15, 0.2) is 23.8 Å². The van der Waals surface area contributed by atoms with E-state index in [2.05, 4.69) is 0 Å². The van der Waals surface area contributed by atoms with Gasteiger partial charge in [0, 0.05) is 18.9 Å². The summed E-state index contributed by atoms with van der Waals surface area (Å²) in [6, 6.07) is 4.75. The topological polar surface area (TPSA) is 82.1 Å². The second-order valence-electron chi connectivity index (χ2n) is 5.47. The number of methoxy groups -OCH3 is 1. The molecule has 1 saturated heterocycles. The predicted molar refractivity (Wildman–Crippen MR) is 82.7 cm³/mol. The van der Waals surface area contributed by atoms with Crippen molar-refractivity contribution in [2.75, 3.05) is 7.11 Å². The summed E-state index contributed by atoms with van der Waals surface area (Å²) in [6.07, 6.45) is 3.35. The third-order valence-electron chi connectivity index (χ3n) is 3.59. The van der Waals surface area contributed by atoms with Gasteiger partial charge in [-0.15, -0.1) is 0 Å². The van der Waals surface area contributed by atoms with Crippen molar-refractivity contribution in [2.24, 2.45) is 0 Å². The summed E-state index contributed by atoms with van der Waals surface area (Å²) in [5.74, 6) is -2.69. The second kappa shape index (κ2) is 6.73. The molecule has 0 spiro atoms. The molecule has 0 unspecified atom stereocenters. The Hall–Kier alpha value is -2.50. The van der Waals surface area contributed by atoms with Gasteiger partial charge in [0.25, 0.3) is 5.79 Å². The Bertz CT molecular complexity index is 626. The highest BCUT2D eigenvalue weighted by atomic mass is 16.7. The molecule has 0 atom stereocenters. The molecule has 1 aromatic carbocycles. The van der Waals surface area contributed by atoms with Gasteiger partial charge in [-0.3, -0.25) is 0 Å². The van der Waals surface area contributed by atoms with Crippen molar-refractivity contribution in [2.45, 2.75) is 38.9 Å². The number of rotatable bonds is 5. The largest absolute Gasteiger partial charge is 0.504 e. The fraction of sp³-hybridized carbons (Fsp3) is 0.412. The summed E-state index contributed by atoms with van der Waals surface area (Å²) in [6.45, 7) is 3.56. The second-order valence-corrected chi connectivity index (χ2v) is 5.47. The Labute approximate surface area is 134 Å². The number of unbranched alkanes of at least 4 members (excludes halogenated alkanes) is 1. The van der Waals surface area contributed by atoms with Gasteiger partial charge in [0.05, 0.1) is 7.11 Å². The summed E-state index contributed by atoms with van der Waals surface area (Å²) >= 11 is 0. The van der Waals surface area contributed by atoms with Crippen LogP contribution < -0.4 is 4.74 Å². The maximum Gasteiger partial charge on any atom is 0.348 e. The van der Waals surface area contributed by atoms with E-state index in [1.807, 2.05) is 6.92 Å². The number of aromatic hydroxyl groups is 1. The van der Waals surface area contributed by atoms with E-state index in [4.69, 9.17) is 14.2 Å². The molecule has 23 heavy (non-hydrogen) atoms. The molecule has 0 aromatic heterocycles. The van der Waals surface area contributed by atoms with E-state index < -0.39 is 17.7 Å². The summed E-state index contributed by atoms with van der Waals surface area (Å²) in [7, 11) is 1.41. The highest BCUT2D eigenvalue weighted by Crippen LogP contribution is 2.33. The van der Waals surface area contributed by atoms with E-state index >= 15 is 0 Å². The van der Waals surface area contributed by atoms with Gasteiger partial charge >= 0.3 is 11.9 Å². The molecule has 1 aliphatic heterocycles. The van der Waals surface area contributed by atoms with E-state index in [0.29, 0.717) is 6.42 Å². The molecular formula is C17H20O6. The summed E-state index contributed by atoms with van der Waals surface area (Å²) < 4.78 is 15.5. The summed E-state index contributed by atoms with van der Waals surface area (Å²) in [5.41, 5.74) is 0.00735. The number of esters is 2.